The normalized spacial score (nSPS) is 10.9. The Bertz CT molecular complexity index is 487. The maximum Gasteiger partial charge on any atom is 0.129 e. The quantitative estimate of drug-likeness (QED) is 0.656. The van der Waals surface area contributed by atoms with Gasteiger partial charge < -0.3 is 9.84 Å². The molecule has 0 aliphatic carbocycles. The molecule has 0 unspecified atom stereocenters. The van der Waals surface area contributed by atoms with Crippen LogP contribution in [0.3, 0.4) is 0 Å². The second kappa shape index (κ2) is 5.25. The van der Waals surface area contributed by atoms with Gasteiger partial charge >= 0.3 is 0 Å². The molecule has 0 fully saturated rings. The first-order valence-electron chi connectivity index (χ1n) is 5.04. The zero-order valence-corrected chi connectivity index (χ0v) is 9.44. The molecular formula is C12H12ClNO2. The Kier molecular flexibility index (Phi) is 3.72. The lowest BCUT2D eigenvalue weighted by Crippen LogP contribution is -1.99. The minimum absolute atomic E-state index is 0.0366. The van der Waals surface area contributed by atoms with Crippen molar-refractivity contribution in [2.45, 2.75) is 6.61 Å². The average molecular weight is 238 g/mol. The van der Waals surface area contributed by atoms with Crippen molar-refractivity contribution in [1.29, 1.82) is 0 Å². The fourth-order valence-corrected chi connectivity index (χ4v) is 1.72. The lowest BCUT2D eigenvalue weighted by atomic mass is 10.1. The number of pyridine rings is 1. The van der Waals surface area contributed by atoms with Gasteiger partial charge in [-0.15, -0.1) is 0 Å². The van der Waals surface area contributed by atoms with E-state index in [9.17, 15) is 0 Å². The zero-order chi connectivity index (χ0) is 11.4. The Morgan fingerprint density at radius 3 is 2.94 bits per heavy atom. The Balaban J connectivity index is 2.30. The molecule has 0 atom stereocenters. The molecule has 84 valence electrons. The molecular weight excluding hydrogens is 226 g/mol. The highest BCUT2D eigenvalue weighted by atomic mass is 35.5. The third-order valence-corrected chi connectivity index (χ3v) is 2.49. The summed E-state index contributed by atoms with van der Waals surface area (Å²) in [7, 11) is 0. The van der Waals surface area contributed by atoms with Gasteiger partial charge in [-0.1, -0.05) is 23.7 Å². The van der Waals surface area contributed by atoms with Crippen LogP contribution in [0.4, 0.5) is 0 Å². The van der Waals surface area contributed by atoms with Crippen molar-refractivity contribution in [1.82, 2.24) is 4.98 Å². The molecule has 4 heteroatoms. The van der Waals surface area contributed by atoms with Crippen LogP contribution in [0, 0.1) is 0 Å². The van der Waals surface area contributed by atoms with Gasteiger partial charge in [-0.05, 0) is 23.8 Å². The van der Waals surface area contributed by atoms with Crippen LogP contribution in [-0.4, -0.2) is 23.3 Å². The predicted octanol–water partition coefficient (Wildman–Crippen LogP) is 2.40. The largest absolute Gasteiger partial charge is 0.394 e. The van der Waals surface area contributed by atoms with E-state index in [-0.39, 0.29) is 6.61 Å². The number of rotatable bonds is 4. The van der Waals surface area contributed by atoms with E-state index in [4.69, 9.17) is 21.4 Å². The van der Waals surface area contributed by atoms with Crippen LogP contribution in [0.15, 0.2) is 30.3 Å². The molecule has 1 N–H and O–H groups in total. The van der Waals surface area contributed by atoms with E-state index in [1.807, 2.05) is 24.3 Å². The molecule has 0 radical (unpaired) electrons. The molecule has 16 heavy (non-hydrogen) atoms. The summed E-state index contributed by atoms with van der Waals surface area (Å²) in [4.78, 5) is 4.23. The molecule has 1 heterocycles. The van der Waals surface area contributed by atoms with Crippen molar-refractivity contribution in [2.24, 2.45) is 0 Å². The van der Waals surface area contributed by atoms with E-state index in [0.29, 0.717) is 18.4 Å². The highest BCUT2D eigenvalue weighted by molar-refractivity contribution is 6.29. The maximum absolute atomic E-state index is 8.64. The minimum atomic E-state index is 0.0366. The third-order valence-electron chi connectivity index (χ3n) is 2.28. The monoisotopic (exact) mass is 237 g/mol. The number of hydrogen-bond donors (Lipinski definition) is 1. The number of ether oxygens (including phenoxy) is 1. The fourth-order valence-electron chi connectivity index (χ4n) is 1.57. The summed E-state index contributed by atoms with van der Waals surface area (Å²) < 4.78 is 5.30. The van der Waals surface area contributed by atoms with Crippen LogP contribution in [-0.2, 0) is 11.3 Å². The number of aromatic nitrogens is 1. The van der Waals surface area contributed by atoms with Crippen molar-refractivity contribution >= 4 is 22.5 Å². The molecule has 2 rings (SSSR count). The van der Waals surface area contributed by atoms with Crippen LogP contribution >= 0.6 is 11.6 Å². The number of benzene rings is 1. The molecule has 0 saturated heterocycles. The zero-order valence-electron chi connectivity index (χ0n) is 8.69. The van der Waals surface area contributed by atoms with E-state index in [0.717, 1.165) is 16.5 Å². The summed E-state index contributed by atoms with van der Waals surface area (Å²) in [5.41, 5.74) is 1.91. The third kappa shape index (κ3) is 2.50. The molecule has 1 aromatic heterocycles. The van der Waals surface area contributed by atoms with E-state index in [1.165, 1.54) is 0 Å². The molecule has 1 aromatic carbocycles. The summed E-state index contributed by atoms with van der Waals surface area (Å²) in [6, 6.07) is 9.51. The number of aliphatic hydroxyl groups excluding tert-OH is 1. The molecule has 0 amide bonds. The Hall–Kier alpha value is -1.16. The van der Waals surface area contributed by atoms with Gasteiger partial charge in [-0.3, -0.25) is 0 Å². The van der Waals surface area contributed by atoms with E-state index in [2.05, 4.69) is 4.98 Å². The first-order valence-corrected chi connectivity index (χ1v) is 5.42. The first kappa shape index (κ1) is 11.3. The van der Waals surface area contributed by atoms with Crippen molar-refractivity contribution in [3.8, 4) is 0 Å². The molecule has 0 saturated carbocycles. The average Bonchev–Trinajstić information content (AvgIpc) is 2.29. The van der Waals surface area contributed by atoms with Gasteiger partial charge in [0.15, 0.2) is 0 Å². The van der Waals surface area contributed by atoms with Crippen molar-refractivity contribution < 1.29 is 9.84 Å². The summed E-state index contributed by atoms with van der Waals surface area (Å²) in [5.74, 6) is 0. The van der Waals surface area contributed by atoms with Crippen molar-refractivity contribution in [2.75, 3.05) is 13.2 Å². The molecule has 0 bridgehead atoms. The van der Waals surface area contributed by atoms with Crippen LogP contribution in [0.25, 0.3) is 10.9 Å². The lowest BCUT2D eigenvalue weighted by molar-refractivity contribution is 0.0821. The number of aliphatic hydroxyl groups is 1. The van der Waals surface area contributed by atoms with Gasteiger partial charge in [0.25, 0.3) is 0 Å². The smallest absolute Gasteiger partial charge is 0.129 e. The van der Waals surface area contributed by atoms with Crippen molar-refractivity contribution in [3.63, 3.8) is 0 Å². The maximum atomic E-state index is 8.64. The number of nitrogens with zero attached hydrogens (tertiary/aromatic N) is 1. The van der Waals surface area contributed by atoms with Gasteiger partial charge in [0.05, 0.1) is 25.3 Å². The van der Waals surface area contributed by atoms with E-state index < -0.39 is 0 Å². The van der Waals surface area contributed by atoms with Crippen LogP contribution < -0.4 is 0 Å². The number of hydrogen-bond acceptors (Lipinski definition) is 3. The van der Waals surface area contributed by atoms with E-state index >= 15 is 0 Å². The van der Waals surface area contributed by atoms with E-state index in [1.54, 1.807) is 6.07 Å². The van der Waals surface area contributed by atoms with Gasteiger partial charge in [-0.2, -0.15) is 0 Å². The highest BCUT2D eigenvalue weighted by Gasteiger charge is 2.02. The second-order valence-corrected chi connectivity index (χ2v) is 3.78. The molecule has 3 nitrogen and oxygen atoms in total. The number of halogens is 1. The van der Waals surface area contributed by atoms with Crippen LogP contribution in [0.1, 0.15) is 5.56 Å². The highest BCUT2D eigenvalue weighted by Crippen LogP contribution is 2.20. The molecule has 0 aliphatic heterocycles. The summed E-state index contributed by atoms with van der Waals surface area (Å²) in [6.45, 7) is 0.855. The molecule has 0 aliphatic rings. The summed E-state index contributed by atoms with van der Waals surface area (Å²) >= 11 is 5.82. The Morgan fingerprint density at radius 2 is 2.12 bits per heavy atom. The van der Waals surface area contributed by atoms with Crippen LogP contribution in [0.5, 0.6) is 0 Å². The number of fused-ring (bicyclic) bond motifs is 1. The summed E-state index contributed by atoms with van der Waals surface area (Å²) in [5, 5.41) is 10.2. The summed E-state index contributed by atoms with van der Waals surface area (Å²) in [6.07, 6.45) is 0. The Morgan fingerprint density at radius 1 is 1.25 bits per heavy atom. The molecule has 2 aromatic rings. The van der Waals surface area contributed by atoms with Gasteiger partial charge in [-0.25, -0.2) is 4.98 Å². The standard InChI is InChI=1S/C12H12ClNO2/c13-12-5-4-10-9(8-16-7-6-15)2-1-3-11(10)14-12/h1-5,15H,6-8H2. The minimum Gasteiger partial charge on any atom is -0.394 e. The fraction of sp³-hybridized carbons (Fsp3) is 0.250. The first-order chi connectivity index (χ1) is 7.81. The van der Waals surface area contributed by atoms with Crippen molar-refractivity contribution in [3.05, 3.63) is 41.0 Å². The van der Waals surface area contributed by atoms with Gasteiger partial charge in [0, 0.05) is 5.39 Å². The topological polar surface area (TPSA) is 42.4 Å². The van der Waals surface area contributed by atoms with Gasteiger partial charge in [0.1, 0.15) is 5.15 Å². The van der Waals surface area contributed by atoms with Crippen LogP contribution in [0.2, 0.25) is 5.15 Å². The SMILES string of the molecule is OCCOCc1cccc2nc(Cl)ccc12. The predicted molar refractivity (Wildman–Crippen MR) is 63.5 cm³/mol. The van der Waals surface area contributed by atoms with Gasteiger partial charge in [0.2, 0.25) is 0 Å². The molecule has 0 spiro atoms. The lowest BCUT2D eigenvalue weighted by Gasteiger charge is -2.06. The second-order valence-electron chi connectivity index (χ2n) is 3.39. The Labute approximate surface area is 98.6 Å².